The Bertz CT molecular complexity index is 1480. The number of hydrogen-bond donors (Lipinski definition) is 0. The molecule has 47 heavy (non-hydrogen) atoms. The number of likely N-dealkylation sites (tertiary alicyclic amines) is 2. The number of benzene rings is 4. The molecule has 2 fully saturated rings. The molecule has 0 spiro atoms. The Kier molecular flexibility index (Phi) is 11.9. The maximum absolute atomic E-state index is 12.4. The van der Waals surface area contributed by atoms with Gasteiger partial charge in [0.1, 0.15) is 6.61 Å². The third kappa shape index (κ3) is 8.50. The fourth-order valence-corrected chi connectivity index (χ4v) is 7.28. The van der Waals surface area contributed by atoms with Crippen LogP contribution in [0.2, 0.25) is 0 Å². The van der Waals surface area contributed by atoms with Crippen LogP contribution in [0, 0.1) is 0 Å². The average Bonchev–Trinajstić information content (AvgIpc) is 3.13. The number of carbonyl (C=O) groups is 1. The summed E-state index contributed by atoms with van der Waals surface area (Å²) < 4.78 is 5.48. The van der Waals surface area contributed by atoms with Gasteiger partial charge in [-0.3, -0.25) is 14.7 Å². The van der Waals surface area contributed by atoms with Crippen LogP contribution in [-0.4, -0.2) is 80.1 Å². The molecule has 0 radical (unpaired) electrons. The van der Waals surface area contributed by atoms with Crippen molar-refractivity contribution in [2.45, 2.75) is 49.9 Å². The van der Waals surface area contributed by atoms with Gasteiger partial charge in [0.25, 0.3) is 0 Å². The topological polar surface area (TPSA) is 39.3 Å². The minimum Gasteiger partial charge on any atom is -0.445 e. The van der Waals surface area contributed by atoms with Gasteiger partial charge in [-0.25, -0.2) is 4.79 Å². The smallest absolute Gasteiger partial charge is 0.410 e. The summed E-state index contributed by atoms with van der Waals surface area (Å²) in [5.41, 5.74) is 5.38. The highest BCUT2D eigenvalue weighted by Gasteiger charge is 2.40. The summed E-state index contributed by atoms with van der Waals surface area (Å²) in [5, 5.41) is 0. The van der Waals surface area contributed by atoms with E-state index in [1.165, 1.54) is 29.5 Å². The summed E-state index contributed by atoms with van der Waals surface area (Å²) in [6, 6.07) is 42.2. The molecule has 2 saturated heterocycles. The van der Waals surface area contributed by atoms with Gasteiger partial charge in [-0.15, -0.1) is 0 Å². The molecule has 2 heterocycles. The molecular formula is C41H52N4O2. The number of amides is 1. The molecule has 0 atom stereocenters. The van der Waals surface area contributed by atoms with Crippen LogP contribution in [0.4, 0.5) is 4.79 Å². The Morgan fingerprint density at radius 1 is 0.574 bits per heavy atom. The summed E-state index contributed by atoms with van der Waals surface area (Å²) in [7, 11) is 8.69. The average molecular weight is 633 g/mol. The lowest BCUT2D eigenvalue weighted by molar-refractivity contribution is 0.0382. The minimum absolute atomic E-state index is 0.0164. The van der Waals surface area contributed by atoms with Gasteiger partial charge in [-0.1, -0.05) is 121 Å². The Morgan fingerprint density at radius 3 is 1.38 bits per heavy atom. The normalized spacial score (nSPS) is 17.5. The van der Waals surface area contributed by atoms with Crippen molar-refractivity contribution in [1.82, 2.24) is 19.6 Å². The van der Waals surface area contributed by atoms with E-state index in [9.17, 15) is 4.79 Å². The molecule has 0 aromatic heterocycles. The van der Waals surface area contributed by atoms with Gasteiger partial charge in [0.05, 0.1) is 0 Å². The zero-order chi connectivity index (χ0) is 33.1. The molecule has 6 heteroatoms. The van der Waals surface area contributed by atoms with Gasteiger partial charge < -0.3 is 9.64 Å². The first-order chi connectivity index (χ1) is 22.8. The van der Waals surface area contributed by atoms with Crippen LogP contribution in [0.3, 0.4) is 0 Å². The molecule has 1 amide bonds. The summed E-state index contributed by atoms with van der Waals surface area (Å²) in [4.78, 5) is 21.5. The molecule has 248 valence electrons. The minimum atomic E-state index is -0.218. The second-order valence-corrected chi connectivity index (χ2v) is 13.4. The van der Waals surface area contributed by atoms with Crippen LogP contribution in [0.25, 0.3) is 0 Å². The van der Waals surface area contributed by atoms with Gasteiger partial charge in [0, 0.05) is 43.8 Å². The van der Waals surface area contributed by atoms with Crippen molar-refractivity contribution < 1.29 is 9.53 Å². The van der Waals surface area contributed by atoms with Crippen molar-refractivity contribution in [3.63, 3.8) is 0 Å². The predicted molar refractivity (Wildman–Crippen MR) is 192 cm³/mol. The summed E-state index contributed by atoms with van der Waals surface area (Å²) in [6.45, 7) is 5.12. The molecule has 4 aromatic carbocycles. The fraction of sp³-hybridized carbons (Fsp3) is 0.390. The molecule has 0 aliphatic carbocycles. The van der Waals surface area contributed by atoms with Gasteiger partial charge >= 0.3 is 6.09 Å². The fourth-order valence-electron chi connectivity index (χ4n) is 7.28. The molecule has 0 saturated carbocycles. The lowest BCUT2D eigenvalue weighted by Crippen LogP contribution is -2.51. The van der Waals surface area contributed by atoms with E-state index < -0.39 is 0 Å². The number of carbonyl (C=O) groups excluding carboxylic acids is 1. The number of piperidine rings is 2. The highest BCUT2D eigenvalue weighted by molar-refractivity contribution is 5.67. The second kappa shape index (κ2) is 16.2. The number of hydrogen-bond acceptors (Lipinski definition) is 5. The number of nitrogens with zero attached hydrogens (tertiary/aromatic N) is 4. The van der Waals surface area contributed by atoms with E-state index >= 15 is 0 Å². The summed E-state index contributed by atoms with van der Waals surface area (Å²) >= 11 is 0. The van der Waals surface area contributed by atoms with Gasteiger partial charge in [-0.2, -0.15) is 0 Å². The van der Waals surface area contributed by atoms with Crippen molar-refractivity contribution in [2.24, 2.45) is 0 Å². The molecule has 0 N–H and O–H groups in total. The molecule has 6 rings (SSSR count). The van der Waals surface area contributed by atoms with Crippen molar-refractivity contribution in [3.05, 3.63) is 144 Å². The summed E-state index contributed by atoms with van der Waals surface area (Å²) in [6.07, 6.45) is 3.98. The van der Waals surface area contributed by atoms with E-state index in [0.29, 0.717) is 19.7 Å². The van der Waals surface area contributed by atoms with E-state index in [-0.39, 0.29) is 17.2 Å². The van der Waals surface area contributed by atoms with E-state index in [1.807, 2.05) is 41.3 Å². The third-order valence-electron chi connectivity index (χ3n) is 10.3. The zero-order valence-corrected chi connectivity index (χ0v) is 28.7. The standard InChI is InChI=1S/C21H26N2O2.C20H26N2/c1-22(2)21(19-11-7-4-8-12-19)13-15-23(16-14-21)20(24)25-17-18-9-5-3-6-10-18;1-21(2)20(19-11-7-4-8-12-19)13-15-22(16-14-20)17-18-9-5-3-6-10-18/h3-12H,13-17H2,1-2H3;3-12H,13-17H2,1-2H3. The second-order valence-electron chi connectivity index (χ2n) is 13.4. The van der Waals surface area contributed by atoms with Crippen molar-refractivity contribution >= 4 is 6.09 Å². The van der Waals surface area contributed by atoms with Gasteiger partial charge in [0.15, 0.2) is 0 Å². The Hall–Kier alpha value is -3.97. The Morgan fingerprint density at radius 2 is 0.957 bits per heavy atom. The van der Waals surface area contributed by atoms with Crippen molar-refractivity contribution in [3.8, 4) is 0 Å². The molecule has 4 aromatic rings. The maximum Gasteiger partial charge on any atom is 0.410 e. The van der Waals surface area contributed by atoms with E-state index in [2.05, 4.69) is 128 Å². The first-order valence-corrected chi connectivity index (χ1v) is 17.0. The van der Waals surface area contributed by atoms with Gasteiger partial charge in [0.2, 0.25) is 0 Å². The number of ether oxygens (including phenoxy) is 1. The first-order valence-electron chi connectivity index (χ1n) is 17.0. The lowest BCUT2D eigenvalue weighted by Gasteiger charge is -2.46. The van der Waals surface area contributed by atoms with Crippen molar-refractivity contribution in [2.75, 3.05) is 54.4 Å². The lowest BCUT2D eigenvalue weighted by atomic mass is 9.79. The molecule has 0 unspecified atom stereocenters. The molecule has 6 nitrogen and oxygen atoms in total. The first kappa shape index (κ1) is 34.4. The SMILES string of the molecule is CN(C)C1(c2ccccc2)CCN(C(=O)OCc2ccccc2)CC1.CN(C)C1(c2ccccc2)CCN(Cc2ccccc2)CC1. The van der Waals surface area contributed by atoms with E-state index in [4.69, 9.17) is 4.74 Å². The van der Waals surface area contributed by atoms with Crippen LogP contribution in [0.15, 0.2) is 121 Å². The summed E-state index contributed by atoms with van der Waals surface area (Å²) in [5.74, 6) is 0. The number of rotatable bonds is 8. The predicted octanol–water partition coefficient (Wildman–Crippen LogP) is 7.62. The molecule has 2 aliphatic heterocycles. The van der Waals surface area contributed by atoms with Crippen LogP contribution in [0.5, 0.6) is 0 Å². The highest BCUT2D eigenvalue weighted by atomic mass is 16.6. The van der Waals surface area contributed by atoms with Crippen LogP contribution < -0.4 is 0 Å². The monoisotopic (exact) mass is 632 g/mol. The van der Waals surface area contributed by atoms with E-state index in [1.54, 1.807) is 0 Å². The zero-order valence-electron chi connectivity index (χ0n) is 28.7. The molecular weight excluding hydrogens is 580 g/mol. The highest BCUT2D eigenvalue weighted by Crippen LogP contribution is 2.38. The third-order valence-corrected chi connectivity index (χ3v) is 10.3. The van der Waals surface area contributed by atoms with Crippen LogP contribution in [0.1, 0.15) is 47.9 Å². The molecule has 0 bridgehead atoms. The largest absolute Gasteiger partial charge is 0.445 e. The maximum atomic E-state index is 12.4. The quantitative estimate of drug-likeness (QED) is 0.200. The Balaban J connectivity index is 0.000000186. The van der Waals surface area contributed by atoms with Crippen LogP contribution in [-0.2, 0) is 29.0 Å². The molecule has 2 aliphatic rings. The van der Waals surface area contributed by atoms with Crippen molar-refractivity contribution in [1.29, 1.82) is 0 Å². The Labute approximate surface area is 282 Å². The van der Waals surface area contributed by atoms with Gasteiger partial charge in [-0.05, 0) is 76.1 Å². The van der Waals surface area contributed by atoms with Crippen LogP contribution >= 0.6 is 0 Å². The van der Waals surface area contributed by atoms with E-state index in [0.717, 1.165) is 38.0 Å².